The molecular formula is C14H21NO2. The quantitative estimate of drug-likeness (QED) is 0.871. The molecule has 3 heteroatoms. The minimum absolute atomic E-state index is 0.127. The Morgan fingerprint density at radius 3 is 2.24 bits per heavy atom. The van der Waals surface area contributed by atoms with Gasteiger partial charge in [0.2, 0.25) is 0 Å². The van der Waals surface area contributed by atoms with Crippen LogP contribution in [0.1, 0.15) is 30.4 Å². The van der Waals surface area contributed by atoms with Crippen molar-refractivity contribution < 1.29 is 9.47 Å². The summed E-state index contributed by atoms with van der Waals surface area (Å²) in [6.45, 7) is 2.75. The number of ether oxygens (including phenoxy) is 2. The van der Waals surface area contributed by atoms with E-state index in [1.54, 1.807) is 14.2 Å². The molecule has 2 N–H and O–H groups in total. The Balaban J connectivity index is 2.49. The van der Waals surface area contributed by atoms with Crippen LogP contribution in [0.5, 0.6) is 11.5 Å². The van der Waals surface area contributed by atoms with Crippen LogP contribution in [0.4, 0.5) is 0 Å². The number of nitrogens with two attached hydrogens (primary N) is 1. The summed E-state index contributed by atoms with van der Waals surface area (Å²) >= 11 is 0. The Bertz CT molecular complexity index is 405. The molecule has 2 rings (SSSR count). The Morgan fingerprint density at radius 2 is 1.82 bits per heavy atom. The zero-order chi connectivity index (χ0) is 12.5. The van der Waals surface area contributed by atoms with E-state index in [-0.39, 0.29) is 5.41 Å². The van der Waals surface area contributed by atoms with Crippen LogP contribution >= 0.6 is 0 Å². The molecule has 0 spiro atoms. The molecule has 0 atom stereocenters. The summed E-state index contributed by atoms with van der Waals surface area (Å²) in [5.41, 5.74) is 8.47. The monoisotopic (exact) mass is 235 g/mol. The molecule has 0 amide bonds. The van der Waals surface area contributed by atoms with Gasteiger partial charge in [0.1, 0.15) is 11.5 Å². The zero-order valence-corrected chi connectivity index (χ0v) is 10.9. The molecule has 94 valence electrons. The van der Waals surface area contributed by atoms with Gasteiger partial charge in [-0.3, -0.25) is 0 Å². The second-order valence-electron chi connectivity index (χ2n) is 4.86. The van der Waals surface area contributed by atoms with Gasteiger partial charge in [0, 0.05) is 23.6 Å². The van der Waals surface area contributed by atoms with E-state index in [1.165, 1.54) is 12.0 Å². The minimum Gasteiger partial charge on any atom is -0.496 e. The van der Waals surface area contributed by atoms with Gasteiger partial charge in [-0.2, -0.15) is 0 Å². The molecule has 1 aliphatic carbocycles. The van der Waals surface area contributed by atoms with E-state index in [4.69, 9.17) is 15.2 Å². The van der Waals surface area contributed by atoms with Crippen molar-refractivity contribution in [1.29, 1.82) is 0 Å². The molecule has 0 unspecified atom stereocenters. The third kappa shape index (κ3) is 1.89. The molecule has 1 aromatic carbocycles. The molecule has 0 heterocycles. The van der Waals surface area contributed by atoms with Crippen LogP contribution in [0.15, 0.2) is 12.1 Å². The third-order valence-electron chi connectivity index (χ3n) is 3.99. The summed E-state index contributed by atoms with van der Waals surface area (Å²) < 4.78 is 10.8. The Labute approximate surface area is 103 Å². The maximum Gasteiger partial charge on any atom is 0.126 e. The third-order valence-corrected chi connectivity index (χ3v) is 3.99. The molecule has 1 aliphatic rings. The molecule has 1 aromatic rings. The minimum atomic E-state index is 0.127. The van der Waals surface area contributed by atoms with Crippen LogP contribution in [0, 0.1) is 6.92 Å². The number of rotatable bonds is 4. The highest BCUT2D eigenvalue weighted by atomic mass is 16.5. The lowest BCUT2D eigenvalue weighted by molar-refractivity contribution is 0.243. The van der Waals surface area contributed by atoms with Crippen molar-refractivity contribution in [1.82, 2.24) is 0 Å². The second kappa shape index (κ2) is 4.57. The molecule has 1 saturated carbocycles. The molecule has 0 radical (unpaired) electrons. The van der Waals surface area contributed by atoms with Crippen molar-refractivity contribution in [2.75, 3.05) is 20.8 Å². The van der Waals surface area contributed by atoms with Gasteiger partial charge >= 0.3 is 0 Å². The van der Waals surface area contributed by atoms with Crippen LogP contribution in [0.3, 0.4) is 0 Å². The van der Waals surface area contributed by atoms with Gasteiger partial charge in [0.05, 0.1) is 14.2 Å². The molecular weight excluding hydrogens is 214 g/mol. The molecule has 0 bridgehead atoms. The van der Waals surface area contributed by atoms with Gasteiger partial charge in [-0.05, 0) is 31.4 Å². The Kier molecular flexibility index (Phi) is 3.29. The lowest BCUT2D eigenvalue weighted by Gasteiger charge is -2.42. The first-order chi connectivity index (χ1) is 8.16. The van der Waals surface area contributed by atoms with E-state index in [0.29, 0.717) is 6.54 Å². The average Bonchev–Trinajstić information content (AvgIpc) is 2.29. The molecule has 0 aliphatic heterocycles. The maximum atomic E-state index is 5.96. The number of hydrogen-bond donors (Lipinski definition) is 1. The molecule has 0 aromatic heterocycles. The van der Waals surface area contributed by atoms with Crippen LogP contribution in [0.2, 0.25) is 0 Å². The van der Waals surface area contributed by atoms with Crippen LogP contribution in [-0.4, -0.2) is 20.8 Å². The smallest absolute Gasteiger partial charge is 0.126 e. The number of hydrogen-bond acceptors (Lipinski definition) is 3. The van der Waals surface area contributed by atoms with Gasteiger partial charge < -0.3 is 15.2 Å². The van der Waals surface area contributed by atoms with Crippen LogP contribution in [0.25, 0.3) is 0 Å². The van der Waals surface area contributed by atoms with E-state index in [9.17, 15) is 0 Å². The predicted octanol–water partition coefficient (Wildman–Crippen LogP) is 2.39. The van der Waals surface area contributed by atoms with Gasteiger partial charge in [-0.1, -0.05) is 6.42 Å². The normalized spacial score (nSPS) is 17.4. The highest BCUT2D eigenvalue weighted by molar-refractivity contribution is 5.50. The summed E-state index contributed by atoms with van der Waals surface area (Å²) in [6, 6.07) is 4.14. The van der Waals surface area contributed by atoms with Gasteiger partial charge in [-0.15, -0.1) is 0 Å². The van der Waals surface area contributed by atoms with E-state index in [2.05, 4.69) is 13.0 Å². The van der Waals surface area contributed by atoms with Crippen molar-refractivity contribution in [2.45, 2.75) is 31.6 Å². The van der Waals surface area contributed by atoms with Crippen molar-refractivity contribution in [3.8, 4) is 11.5 Å². The standard InChI is InChI=1S/C14H21NO2/c1-10-7-11(14(9-15)5-4-6-14)13(17-3)8-12(10)16-2/h7-8H,4-6,9,15H2,1-3H3. The first-order valence-electron chi connectivity index (χ1n) is 6.10. The van der Waals surface area contributed by atoms with E-state index < -0.39 is 0 Å². The summed E-state index contributed by atoms with van der Waals surface area (Å²) in [5.74, 6) is 1.77. The maximum absolute atomic E-state index is 5.96. The summed E-state index contributed by atoms with van der Waals surface area (Å²) in [6.07, 6.45) is 3.57. The summed E-state index contributed by atoms with van der Waals surface area (Å²) in [7, 11) is 3.39. The fourth-order valence-electron chi connectivity index (χ4n) is 2.66. The van der Waals surface area contributed by atoms with Gasteiger partial charge in [0.25, 0.3) is 0 Å². The molecule has 0 saturated heterocycles. The van der Waals surface area contributed by atoms with Crippen molar-refractivity contribution >= 4 is 0 Å². The fourth-order valence-corrected chi connectivity index (χ4v) is 2.66. The number of aryl methyl sites for hydroxylation is 1. The van der Waals surface area contributed by atoms with Crippen molar-refractivity contribution in [3.63, 3.8) is 0 Å². The van der Waals surface area contributed by atoms with Crippen LogP contribution < -0.4 is 15.2 Å². The van der Waals surface area contributed by atoms with Crippen LogP contribution in [-0.2, 0) is 5.41 Å². The second-order valence-corrected chi connectivity index (χ2v) is 4.86. The van der Waals surface area contributed by atoms with E-state index in [1.807, 2.05) is 6.07 Å². The largest absolute Gasteiger partial charge is 0.496 e. The number of benzene rings is 1. The Morgan fingerprint density at radius 1 is 1.18 bits per heavy atom. The first kappa shape index (κ1) is 12.2. The predicted molar refractivity (Wildman–Crippen MR) is 68.9 cm³/mol. The topological polar surface area (TPSA) is 44.5 Å². The Hall–Kier alpha value is -1.22. The van der Waals surface area contributed by atoms with Crippen molar-refractivity contribution in [2.24, 2.45) is 5.73 Å². The SMILES string of the molecule is COc1cc(OC)c(C2(CN)CCC2)cc1C. The molecule has 1 fully saturated rings. The highest BCUT2D eigenvalue weighted by Gasteiger charge is 2.39. The fraction of sp³-hybridized carbons (Fsp3) is 0.571. The van der Waals surface area contributed by atoms with E-state index in [0.717, 1.165) is 29.9 Å². The first-order valence-corrected chi connectivity index (χ1v) is 6.10. The summed E-state index contributed by atoms with van der Waals surface area (Å²) in [5, 5.41) is 0. The van der Waals surface area contributed by atoms with Crippen molar-refractivity contribution in [3.05, 3.63) is 23.3 Å². The highest BCUT2D eigenvalue weighted by Crippen LogP contribution is 2.47. The molecule has 3 nitrogen and oxygen atoms in total. The lowest BCUT2D eigenvalue weighted by Crippen LogP contribution is -2.41. The van der Waals surface area contributed by atoms with Gasteiger partial charge in [0.15, 0.2) is 0 Å². The van der Waals surface area contributed by atoms with Gasteiger partial charge in [-0.25, -0.2) is 0 Å². The molecule has 17 heavy (non-hydrogen) atoms. The zero-order valence-electron chi connectivity index (χ0n) is 10.9. The average molecular weight is 235 g/mol. The lowest BCUT2D eigenvalue weighted by atomic mass is 9.64. The number of methoxy groups -OCH3 is 2. The van der Waals surface area contributed by atoms with E-state index >= 15 is 0 Å². The summed E-state index contributed by atoms with van der Waals surface area (Å²) in [4.78, 5) is 0.